The molecule has 41 heavy (non-hydrogen) atoms. The van der Waals surface area contributed by atoms with Gasteiger partial charge < -0.3 is 30.9 Å². The molecular weight excluding hydrogens is 546 g/mol. The standard InChI is InChI=1S/C28H37N7O5S/c1-5-40-28(39)33-23(29)16-7-6-8-17(13-16)24(36)30-19-10-9-18(27(38)34(2)3)14-21(19)31-25(37)26-32-20-11-12-35(4)15-22(20)41-26/h6-8,13,18-19,21H,5,9-12,14-15H2,1-4H3,(H,30,36)(H,31,37)(H2,29,33,39)/t18-,19-,21+/m0/s1. The van der Waals surface area contributed by atoms with E-state index in [1.54, 1.807) is 50.2 Å². The maximum absolute atomic E-state index is 13.3. The van der Waals surface area contributed by atoms with Crippen LogP contribution in [-0.2, 0) is 22.5 Å². The quantitative estimate of drug-likeness (QED) is 0.329. The van der Waals surface area contributed by atoms with Gasteiger partial charge in [-0.3, -0.25) is 14.4 Å². The minimum atomic E-state index is -0.810. The summed E-state index contributed by atoms with van der Waals surface area (Å²) in [5.74, 6) is -1.03. The molecule has 0 spiro atoms. The molecule has 3 atom stereocenters. The lowest BCUT2D eigenvalue weighted by molar-refractivity contribution is -0.134. The third kappa shape index (κ3) is 7.47. The van der Waals surface area contributed by atoms with Gasteiger partial charge in [-0.25, -0.2) is 9.78 Å². The van der Waals surface area contributed by atoms with Gasteiger partial charge in [-0.2, -0.15) is 4.99 Å². The summed E-state index contributed by atoms with van der Waals surface area (Å²) >= 11 is 1.39. The van der Waals surface area contributed by atoms with Crippen LogP contribution in [0.4, 0.5) is 4.79 Å². The average Bonchev–Trinajstić information content (AvgIpc) is 3.37. The van der Waals surface area contributed by atoms with Crippen LogP contribution >= 0.6 is 11.3 Å². The number of amidine groups is 1. The lowest BCUT2D eigenvalue weighted by Gasteiger charge is -2.37. The number of rotatable bonds is 7. The topological polar surface area (TPSA) is 159 Å². The molecule has 4 N–H and O–H groups in total. The molecule has 1 saturated carbocycles. The molecule has 1 aliphatic carbocycles. The van der Waals surface area contributed by atoms with E-state index in [9.17, 15) is 19.2 Å². The van der Waals surface area contributed by atoms with Crippen LogP contribution < -0.4 is 16.4 Å². The number of aliphatic imine (C=N–C) groups is 1. The molecule has 0 unspecified atom stereocenters. The van der Waals surface area contributed by atoms with Crippen LogP contribution in [0.3, 0.4) is 0 Å². The van der Waals surface area contributed by atoms with Gasteiger partial charge in [0.15, 0.2) is 5.01 Å². The van der Waals surface area contributed by atoms with E-state index >= 15 is 0 Å². The second kappa shape index (κ2) is 13.2. The first-order chi connectivity index (χ1) is 19.5. The summed E-state index contributed by atoms with van der Waals surface area (Å²) in [7, 11) is 5.46. The van der Waals surface area contributed by atoms with Crippen LogP contribution in [-0.4, -0.2) is 90.8 Å². The number of benzene rings is 1. The molecule has 4 amide bonds. The Balaban J connectivity index is 1.50. The number of nitrogens with one attached hydrogen (secondary N) is 2. The van der Waals surface area contributed by atoms with Crippen LogP contribution in [0.25, 0.3) is 0 Å². The maximum atomic E-state index is 13.3. The summed E-state index contributed by atoms with van der Waals surface area (Å²) in [6.45, 7) is 3.48. The van der Waals surface area contributed by atoms with Gasteiger partial charge in [0.2, 0.25) is 5.91 Å². The molecule has 1 fully saturated rings. The number of nitrogens with zero attached hydrogens (tertiary/aromatic N) is 4. The predicted molar refractivity (Wildman–Crippen MR) is 155 cm³/mol. The zero-order valence-electron chi connectivity index (χ0n) is 23.8. The van der Waals surface area contributed by atoms with Crippen molar-refractivity contribution in [2.24, 2.45) is 16.6 Å². The molecule has 2 heterocycles. The molecular formula is C28H37N7O5S. The highest BCUT2D eigenvalue weighted by Gasteiger charge is 2.37. The van der Waals surface area contributed by atoms with Gasteiger partial charge in [0.25, 0.3) is 11.8 Å². The molecule has 2 aliphatic rings. The number of carbonyl (C=O) groups is 4. The minimum absolute atomic E-state index is 0.00848. The number of nitrogens with two attached hydrogens (primary N) is 1. The van der Waals surface area contributed by atoms with Gasteiger partial charge in [-0.15, -0.1) is 11.3 Å². The van der Waals surface area contributed by atoms with Gasteiger partial charge in [-0.05, 0) is 45.4 Å². The van der Waals surface area contributed by atoms with Crippen LogP contribution in [0, 0.1) is 5.92 Å². The number of hydrogen-bond acceptors (Lipinski definition) is 8. The smallest absolute Gasteiger partial charge is 0.435 e. The highest BCUT2D eigenvalue weighted by atomic mass is 32.1. The summed E-state index contributed by atoms with van der Waals surface area (Å²) in [4.78, 5) is 64.2. The molecule has 2 aromatic rings. The van der Waals surface area contributed by atoms with Crippen molar-refractivity contribution in [3.8, 4) is 0 Å². The van der Waals surface area contributed by atoms with E-state index in [0.29, 0.717) is 35.4 Å². The number of likely N-dealkylation sites (N-methyl/N-ethyl adjacent to an activating group) is 1. The Labute approximate surface area is 243 Å². The van der Waals surface area contributed by atoms with Gasteiger partial charge in [0, 0.05) is 61.6 Å². The summed E-state index contributed by atoms with van der Waals surface area (Å²) in [6.07, 6.45) is 1.46. The predicted octanol–water partition coefficient (Wildman–Crippen LogP) is 1.78. The number of hydrogen-bond donors (Lipinski definition) is 3. The molecule has 1 aliphatic heterocycles. The zero-order valence-corrected chi connectivity index (χ0v) is 24.6. The summed E-state index contributed by atoms with van der Waals surface area (Å²) < 4.78 is 4.80. The summed E-state index contributed by atoms with van der Waals surface area (Å²) in [5.41, 5.74) is 7.62. The number of ether oxygens (including phenoxy) is 1. The maximum Gasteiger partial charge on any atom is 0.435 e. The van der Waals surface area contributed by atoms with Crippen LogP contribution in [0.1, 0.15) is 62.5 Å². The van der Waals surface area contributed by atoms with Crippen molar-refractivity contribution in [1.29, 1.82) is 0 Å². The van der Waals surface area contributed by atoms with Gasteiger partial charge >= 0.3 is 6.09 Å². The summed E-state index contributed by atoms with van der Waals surface area (Å²) in [5, 5.41) is 6.50. The Morgan fingerprint density at radius 1 is 1.15 bits per heavy atom. The molecule has 0 radical (unpaired) electrons. The fraction of sp³-hybridized carbons (Fsp3) is 0.500. The monoisotopic (exact) mass is 583 g/mol. The normalized spacial score (nSPS) is 21.0. The zero-order chi connectivity index (χ0) is 29.7. The van der Waals surface area contributed by atoms with Crippen molar-refractivity contribution in [3.63, 3.8) is 0 Å². The van der Waals surface area contributed by atoms with E-state index in [1.165, 1.54) is 11.3 Å². The van der Waals surface area contributed by atoms with E-state index < -0.39 is 18.2 Å². The highest BCUT2D eigenvalue weighted by molar-refractivity contribution is 7.13. The van der Waals surface area contributed by atoms with Crippen molar-refractivity contribution in [2.45, 2.75) is 51.2 Å². The Hall–Kier alpha value is -3.84. The molecule has 13 heteroatoms. The molecule has 12 nitrogen and oxygen atoms in total. The number of aromatic nitrogens is 1. The van der Waals surface area contributed by atoms with Gasteiger partial charge in [0.05, 0.1) is 18.3 Å². The Morgan fingerprint density at radius 2 is 1.88 bits per heavy atom. The average molecular weight is 584 g/mol. The lowest BCUT2D eigenvalue weighted by Crippen LogP contribution is -2.55. The highest BCUT2D eigenvalue weighted by Crippen LogP contribution is 2.28. The van der Waals surface area contributed by atoms with E-state index in [0.717, 1.165) is 30.1 Å². The third-order valence-corrected chi connectivity index (χ3v) is 8.37. The van der Waals surface area contributed by atoms with E-state index in [1.807, 2.05) is 7.05 Å². The van der Waals surface area contributed by atoms with Crippen LogP contribution in [0.2, 0.25) is 0 Å². The second-order valence-corrected chi connectivity index (χ2v) is 11.6. The molecule has 0 saturated heterocycles. The number of thiazole rings is 1. The number of amides is 4. The van der Waals surface area contributed by atoms with Crippen molar-refractivity contribution >= 4 is 41.0 Å². The van der Waals surface area contributed by atoms with Gasteiger partial charge in [0.1, 0.15) is 5.84 Å². The van der Waals surface area contributed by atoms with Crippen LogP contribution in [0.15, 0.2) is 29.3 Å². The van der Waals surface area contributed by atoms with E-state index in [4.69, 9.17) is 10.5 Å². The molecule has 1 aromatic heterocycles. The molecule has 4 rings (SSSR count). The fourth-order valence-electron chi connectivity index (χ4n) is 5.13. The lowest BCUT2D eigenvalue weighted by atomic mass is 9.81. The minimum Gasteiger partial charge on any atom is -0.448 e. The number of fused-ring (bicyclic) bond motifs is 1. The summed E-state index contributed by atoms with van der Waals surface area (Å²) in [6, 6.07) is 5.57. The van der Waals surface area contributed by atoms with E-state index in [2.05, 4.69) is 25.5 Å². The first-order valence-corrected chi connectivity index (χ1v) is 14.5. The third-order valence-electron chi connectivity index (χ3n) is 7.29. The Morgan fingerprint density at radius 3 is 2.61 bits per heavy atom. The number of carbonyl (C=O) groups excluding carboxylic acids is 4. The second-order valence-electron chi connectivity index (χ2n) is 10.6. The van der Waals surface area contributed by atoms with Gasteiger partial charge in [-0.1, -0.05) is 12.1 Å². The van der Waals surface area contributed by atoms with Crippen molar-refractivity contribution in [1.82, 2.24) is 25.4 Å². The first-order valence-electron chi connectivity index (χ1n) is 13.7. The largest absolute Gasteiger partial charge is 0.448 e. The van der Waals surface area contributed by atoms with Crippen LogP contribution in [0.5, 0.6) is 0 Å². The van der Waals surface area contributed by atoms with Crippen molar-refractivity contribution in [2.75, 3.05) is 34.3 Å². The Kier molecular flexibility index (Phi) is 9.71. The van der Waals surface area contributed by atoms with E-state index in [-0.39, 0.29) is 36.1 Å². The molecule has 0 bridgehead atoms. The fourth-order valence-corrected chi connectivity index (χ4v) is 6.22. The van der Waals surface area contributed by atoms with Crippen molar-refractivity contribution < 1.29 is 23.9 Å². The Bertz CT molecular complexity index is 1340. The molecule has 1 aromatic carbocycles. The molecule has 220 valence electrons. The first kappa shape index (κ1) is 30.1. The van der Waals surface area contributed by atoms with Crippen molar-refractivity contribution in [3.05, 3.63) is 51.0 Å². The SMILES string of the molecule is CCOC(=O)/N=C(\N)c1cccc(C(=O)N[C@H]2CC[C@H](C(=O)N(C)C)C[C@H]2NC(=O)c2nc3c(s2)CN(C)CC3)c1.